The van der Waals surface area contributed by atoms with Crippen molar-refractivity contribution in [1.29, 1.82) is 0 Å². The van der Waals surface area contributed by atoms with E-state index >= 15 is 0 Å². The summed E-state index contributed by atoms with van der Waals surface area (Å²) in [6.07, 6.45) is 2.63. The maximum atomic E-state index is 13.3. The highest BCUT2D eigenvalue weighted by molar-refractivity contribution is 7.89. The minimum absolute atomic E-state index is 0.0156. The number of carbonyl (C=O) groups is 1. The first kappa shape index (κ1) is 21.7. The molecular formula is C22H24N2O5S2. The number of rotatable bonds is 6. The number of carbonyl (C=O) groups excluding carboxylic acids is 1. The summed E-state index contributed by atoms with van der Waals surface area (Å²) in [7, 11) is -2.39. The van der Waals surface area contributed by atoms with Crippen LogP contribution in [0.4, 0.5) is 0 Å². The van der Waals surface area contributed by atoms with Gasteiger partial charge in [0.25, 0.3) is 0 Å². The Balaban J connectivity index is 1.56. The number of thiazole rings is 1. The van der Waals surface area contributed by atoms with E-state index < -0.39 is 16.0 Å². The summed E-state index contributed by atoms with van der Waals surface area (Å²) in [5.41, 5.74) is 1.01. The molecule has 2 aromatic carbocycles. The fourth-order valence-corrected chi connectivity index (χ4v) is 6.52. The van der Waals surface area contributed by atoms with Crippen molar-refractivity contribution in [2.24, 2.45) is 0 Å². The van der Waals surface area contributed by atoms with Crippen LogP contribution in [-0.4, -0.2) is 43.4 Å². The number of ether oxygens (including phenoxy) is 2. The molecule has 1 unspecified atom stereocenters. The second-order valence-corrected chi connectivity index (χ2v) is 10.5. The number of hydrogen-bond acceptors (Lipinski definition) is 7. The topological polar surface area (TPSA) is 85.8 Å². The van der Waals surface area contributed by atoms with E-state index in [0.717, 1.165) is 29.5 Å². The summed E-state index contributed by atoms with van der Waals surface area (Å²) >= 11 is 1.46. The Kier molecular flexibility index (Phi) is 6.27. The van der Waals surface area contributed by atoms with Crippen LogP contribution >= 0.6 is 11.3 Å². The van der Waals surface area contributed by atoms with E-state index in [4.69, 9.17) is 9.47 Å². The number of benzene rings is 2. The van der Waals surface area contributed by atoms with Gasteiger partial charge in [-0.2, -0.15) is 4.31 Å². The predicted octanol–water partition coefficient (Wildman–Crippen LogP) is 4.23. The van der Waals surface area contributed by atoms with E-state index in [1.165, 1.54) is 41.0 Å². The Morgan fingerprint density at radius 2 is 2.03 bits per heavy atom. The molecule has 1 aromatic heterocycles. The molecule has 1 aliphatic heterocycles. The first-order chi connectivity index (χ1) is 14.9. The van der Waals surface area contributed by atoms with E-state index in [-0.39, 0.29) is 28.9 Å². The molecule has 0 aliphatic carbocycles. The number of esters is 1. The number of nitrogens with zero attached hydrogens (tertiary/aromatic N) is 2. The number of sulfonamides is 1. The average molecular weight is 461 g/mol. The van der Waals surface area contributed by atoms with Crippen molar-refractivity contribution in [2.45, 2.75) is 43.7 Å². The number of methoxy groups -OCH3 is 1. The molecule has 0 bridgehead atoms. The number of hydrogen-bond donors (Lipinski definition) is 0. The highest BCUT2D eigenvalue weighted by atomic mass is 32.2. The molecule has 7 nitrogen and oxygen atoms in total. The van der Waals surface area contributed by atoms with Gasteiger partial charge in [-0.05, 0) is 50.1 Å². The van der Waals surface area contributed by atoms with Crippen LogP contribution < -0.4 is 4.74 Å². The summed E-state index contributed by atoms with van der Waals surface area (Å²) in [4.78, 5) is 17.1. The van der Waals surface area contributed by atoms with Gasteiger partial charge in [-0.15, -0.1) is 11.3 Å². The lowest BCUT2D eigenvalue weighted by atomic mass is 10.1. The summed E-state index contributed by atoms with van der Waals surface area (Å²) < 4.78 is 39.8. The van der Waals surface area contributed by atoms with Crippen molar-refractivity contribution in [3.05, 3.63) is 53.0 Å². The fraction of sp³-hybridized carbons (Fsp3) is 0.364. The Morgan fingerprint density at radius 3 is 2.77 bits per heavy atom. The molecule has 0 N–H and O–H groups in total. The molecule has 0 amide bonds. The second-order valence-electron chi connectivity index (χ2n) is 7.48. The van der Waals surface area contributed by atoms with Crippen molar-refractivity contribution in [1.82, 2.24) is 9.29 Å². The molecule has 3 aromatic rings. The summed E-state index contributed by atoms with van der Waals surface area (Å²) in [5, 5.41) is 0.679. The van der Waals surface area contributed by atoms with Gasteiger partial charge in [-0.1, -0.05) is 18.6 Å². The third-order valence-corrected chi connectivity index (χ3v) is 8.44. The molecule has 9 heteroatoms. The van der Waals surface area contributed by atoms with E-state index in [2.05, 4.69) is 4.98 Å². The highest BCUT2D eigenvalue weighted by Gasteiger charge is 2.33. The van der Waals surface area contributed by atoms with Gasteiger partial charge < -0.3 is 9.47 Å². The smallest absolute Gasteiger partial charge is 0.338 e. The zero-order valence-electron chi connectivity index (χ0n) is 17.4. The lowest BCUT2D eigenvalue weighted by Gasteiger charge is -2.32. The van der Waals surface area contributed by atoms with E-state index in [0.29, 0.717) is 11.6 Å². The molecule has 1 atom stereocenters. The molecule has 1 aliphatic rings. The SMILES string of the molecule is COc1ccc(C(=O)OCc2nc3ccccc3s2)cc1S(=O)(=O)N1CCCCC1C. The zero-order valence-corrected chi connectivity index (χ0v) is 19.0. The van der Waals surface area contributed by atoms with E-state index in [9.17, 15) is 13.2 Å². The summed E-state index contributed by atoms with van der Waals surface area (Å²) in [6.45, 7) is 2.38. The van der Waals surface area contributed by atoms with Gasteiger partial charge in [0.1, 0.15) is 22.3 Å². The molecule has 1 saturated heterocycles. The molecule has 0 radical (unpaired) electrons. The van der Waals surface area contributed by atoms with Crippen LogP contribution in [0.25, 0.3) is 10.2 Å². The molecule has 164 valence electrons. The van der Waals surface area contributed by atoms with Gasteiger partial charge in [-0.25, -0.2) is 18.2 Å². The molecule has 1 fully saturated rings. The first-order valence-corrected chi connectivity index (χ1v) is 12.4. The quantitative estimate of drug-likeness (QED) is 0.512. The van der Waals surface area contributed by atoms with Crippen LogP contribution in [0.3, 0.4) is 0 Å². The van der Waals surface area contributed by atoms with Crippen LogP contribution in [0.2, 0.25) is 0 Å². The molecule has 0 spiro atoms. The molecular weight excluding hydrogens is 436 g/mol. The van der Waals surface area contributed by atoms with Gasteiger partial charge in [0.05, 0.1) is 22.9 Å². The van der Waals surface area contributed by atoms with Gasteiger partial charge in [-0.3, -0.25) is 0 Å². The molecule has 31 heavy (non-hydrogen) atoms. The van der Waals surface area contributed by atoms with Crippen molar-refractivity contribution in [3.63, 3.8) is 0 Å². The maximum absolute atomic E-state index is 13.3. The third kappa shape index (κ3) is 4.44. The lowest BCUT2D eigenvalue weighted by Crippen LogP contribution is -2.42. The van der Waals surface area contributed by atoms with Gasteiger partial charge in [0.15, 0.2) is 0 Å². The Labute approximate surface area is 185 Å². The zero-order chi connectivity index (χ0) is 22.0. The van der Waals surface area contributed by atoms with Crippen LogP contribution in [-0.2, 0) is 21.4 Å². The van der Waals surface area contributed by atoms with Gasteiger partial charge in [0, 0.05) is 12.6 Å². The van der Waals surface area contributed by atoms with Gasteiger partial charge >= 0.3 is 5.97 Å². The summed E-state index contributed by atoms with van der Waals surface area (Å²) in [5.74, 6) is -0.398. The highest BCUT2D eigenvalue weighted by Crippen LogP contribution is 2.32. The maximum Gasteiger partial charge on any atom is 0.338 e. The van der Waals surface area contributed by atoms with E-state index in [1.807, 2.05) is 31.2 Å². The third-order valence-electron chi connectivity index (χ3n) is 5.39. The van der Waals surface area contributed by atoms with Crippen molar-refractivity contribution >= 4 is 37.5 Å². The molecule has 0 saturated carbocycles. The Morgan fingerprint density at radius 1 is 1.23 bits per heavy atom. The van der Waals surface area contributed by atoms with Crippen molar-refractivity contribution in [3.8, 4) is 5.75 Å². The minimum atomic E-state index is -3.80. The molecule has 2 heterocycles. The largest absolute Gasteiger partial charge is 0.495 e. The second kappa shape index (κ2) is 8.94. The minimum Gasteiger partial charge on any atom is -0.495 e. The van der Waals surface area contributed by atoms with Crippen molar-refractivity contribution < 1.29 is 22.7 Å². The Bertz CT molecular complexity index is 1170. The van der Waals surface area contributed by atoms with Crippen molar-refractivity contribution in [2.75, 3.05) is 13.7 Å². The normalized spacial score (nSPS) is 17.5. The first-order valence-electron chi connectivity index (χ1n) is 10.1. The number of piperidine rings is 1. The number of para-hydroxylation sites is 1. The average Bonchev–Trinajstić information content (AvgIpc) is 3.20. The summed E-state index contributed by atoms with van der Waals surface area (Å²) in [6, 6.07) is 11.9. The lowest BCUT2D eigenvalue weighted by molar-refractivity contribution is 0.0472. The number of fused-ring (bicyclic) bond motifs is 1. The predicted molar refractivity (Wildman–Crippen MR) is 119 cm³/mol. The molecule has 4 rings (SSSR count). The van der Waals surface area contributed by atoms with E-state index in [1.54, 1.807) is 0 Å². The monoisotopic (exact) mass is 460 g/mol. The Hall–Kier alpha value is -2.49. The van der Waals surface area contributed by atoms with Gasteiger partial charge in [0.2, 0.25) is 10.0 Å². The number of aromatic nitrogens is 1. The van der Waals surface area contributed by atoms with Crippen LogP contribution in [0.5, 0.6) is 5.75 Å². The van der Waals surface area contributed by atoms with Crippen LogP contribution in [0.1, 0.15) is 41.6 Å². The van der Waals surface area contributed by atoms with Crippen LogP contribution in [0.15, 0.2) is 47.4 Å². The fourth-order valence-electron chi connectivity index (χ4n) is 3.75. The van der Waals surface area contributed by atoms with Crippen LogP contribution in [0, 0.1) is 0 Å². The standard InChI is InChI=1S/C22H24N2O5S2/c1-15-7-5-6-12-24(15)31(26,27)20-13-16(10-11-18(20)28-2)22(25)29-14-21-23-17-8-3-4-9-19(17)30-21/h3-4,8-11,13,15H,5-7,12,14H2,1-2H3.